The van der Waals surface area contributed by atoms with Crippen LogP contribution in [0.15, 0.2) is 30.5 Å². The number of rotatable bonds is 6. The van der Waals surface area contributed by atoms with Crippen LogP contribution >= 0.6 is 11.6 Å². The van der Waals surface area contributed by atoms with Crippen LogP contribution in [-0.4, -0.2) is 18.1 Å². The van der Waals surface area contributed by atoms with E-state index in [1.54, 1.807) is 0 Å². The summed E-state index contributed by atoms with van der Waals surface area (Å²) in [6, 6.07) is 7.80. The Kier molecular flexibility index (Phi) is 5.00. The summed E-state index contributed by atoms with van der Waals surface area (Å²) in [6.45, 7) is 3.90. The summed E-state index contributed by atoms with van der Waals surface area (Å²) >= 11 is 5.98. The number of nitrogens with zero attached hydrogens (tertiary/aromatic N) is 1. The fourth-order valence-electron chi connectivity index (χ4n) is 2.07. The van der Waals surface area contributed by atoms with Crippen molar-refractivity contribution in [3.05, 3.63) is 35.5 Å². The number of anilines is 1. The van der Waals surface area contributed by atoms with Gasteiger partial charge in [-0.25, -0.2) is 0 Å². The van der Waals surface area contributed by atoms with Crippen molar-refractivity contribution in [2.24, 2.45) is 11.7 Å². The van der Waals surface area contributed by atoms with Gasteiger partial charge in [-0.05, 0) is 49.6 Å². The highest BCUT2D eigenvalue weighted by Crippen LogP contribution is 2.24. The Morgan fingerprint density at radius 3 is 3.00 bits per heavy atom. The Bertz CT molecular complexity index is 542. The quantitative estimate of drug-likeness (QED) is 0.792. The normalized spacial score (nSPS) is 12.6. The highest BCUT2D eigenvalue weighted by atomic mass is 35.5. The van der Waals surface area contributed by atoms with Gasteiger partial charge in [-0.1, -0.05) is 18.5 Å². The van der Waals surface area contributed by atoms with E-state index in [1.807, 2.05) is 30.5 Å². The summed E-state index contributed by atoms with van der Waals surface area (Å²) in [6.07, 6.45) is 4.08. The van der Waals surface area contributed by atoms with Crippen molar-refractivity contribution >= 4 is 28.2 Å². The van der Waals surface area contributed by atoms with E-state index in [2.05, 4.69) is 17.2 Å². The molecule has 4 heteroatoms. The Hall–Kier alpha value is -1.32. The van der Waals surface area contributed by atoms with E-state index in [-0.39, 0.29) is 0 Å². The Balaban J connectivity index is 2.01. The molecule has 1 atom stereocenters. The standard InChI is InChI=1S/C15H20ClN3/c1-11(10-17)3-2-7-18-14-6-8-19-15-9-12(16)4-5-13(14)15/h4-6,8-9,11H,2-3,7,10,17H2,1H3,(H,18,19). The van der Waals surface area contributed by atoms with Gasteiger partial charge in [0, 0.05) is 28.8 Å². The van der Waals surface area contributed by atoms with Gasteiger partial charge in [-0.15, -0.1) is 0 Å². The third kappa shape index (κ3) is 3.82. The first kappa shape index (κ1) is 14.1. The minimum absolute atomic E-state index is 0.592. The van der Waals surface area contributed by atoms with Crippen LogP contribution in [0.1, 0.15) is 19.8 Å². The third-order valence-electron chi connectivity index (χ3n) is 3.30. The van der Waals surface area contributed by atoms with Crippen LogP contribution < -0.4 is 11.1 Å². The molecule has 2 aromatic rings. The number of hydrogen-bond acceptors (Lipinski definition) is 3. The second kappa shape index (κ2) is 6.73. The van der Waals surface area contributed by atoms with Gasteiger partial charge < -0.3 is 11.1 Å². The van der Waals surface area contributed by atoms with Gasteiger partial charge in [0.1, 0.15) is 0 Å². The number of aromatic nitrogens is 1. The molecule has 1 aromatic heterocycles. The molecule has 0 fully saturated rings. The number of halogens is 1. The van der Waals surface area contributed by atoms with Crippen molar-refractivity contribution < 1.29 is 0 Å². The molecule has 0 amide bonds. The maximum atomic E-state index is 5.98. The van der Waals surface area contributed by atoms with E-state index >= 15 is 0 Å². The van der Waals surface area contributed by atoms with Crippen LogP contribution in [-0.2, 0) is 0 Å². The van der Waals surface area contributed by atoms with Crippen LogP contribution in [0.2, 0.25) is 5.02 Å². The molecule has 0 aliphatic carbocycles. The minimum Gasteiger partial charge on any atom is -0.384 e. The number of hydrogen-bond donors (Lipinski definition) is 2. The zero-order chi connectivity index (χ0) is 13.7. The van der Waals surface area contributed by atoms with Crippen LogP contribution in [0, 0.1) is 5.92 Å². The van der Waals surface area contributed by atoms with E-state index in [4.69, 9.17) is 17.3 Å². The summed E-state index contributed by atoms with van der Waals surface area (Å²) in [5.41, 5.74) is 7.65. The van der Waals surface area contributed by atoms with E-state index in [9.17, 15) is 0 Å². The zero-order valence-corrected chi connectivity index (χ0v) is 12.0. The summed E-state index contributed by atoms with van der Waals surface area (Å²) in [4.78, 5) is 4.33. The highest BCUT2D eigenvalue weighted by molar-refractivity contribution is 6.31. The van der Waals surface area contributed by atoms with Crippen molar-refractivity contribution in [1.82, 2.24) is 4.98 Å². The van der Waals surface area contributed by atoms with Gasteiger partial charge in [0.05, 0.1) is 5.52 Å². The average molecular weight is 278 g/mol. The lowest BCUT2D eigenvalue weighted by molar-refractivity contribution is 0.529. The van der Waals surface area contributed by atoms with Crippen LogP contribution in [0.4, 0.5) is 5.69 Å². The van der Waals surface area contributed by atoms with Gasteiger partial charge in [0.25, 0.3) is 0 Å². The summed E-state index contributed by atoms with van der Waals surface area (Å²) in [5, 5.41) is 5.29. The predicted octanol–water partition coefficient (Wildman–Crippen LogP) is 3.68. The zero-order valence-electron chi connectivity index (χ0n) is 11.2. The lowest BCUT2D eigenvalue weighted by Gasteiger charge is -2.11. The molecule has 0 radical (unpaired) electrons. The molecule has 0 aliphatic rings. The van der Waals surface area contributed by atoms with Crippen molar-refractivity contribution in [2.45, 2.75) is 19.8 Å². The lowest BCUT2D eigenvalue weighted by Crippen LogP contribution is -2.12. The number of fused-ring (bicyclic) bond motifs is 1. The number of nitrogens with two attached hydrogens (primary N) is 1. The maximum absolute atomic E-state index is 5.98. The van der Waals surface area contributed by atoms with Gasteiger partial charge >= 0.3 is 0 Å². The van der Waals surface area contributed by atoms with Crippen LogP contribution in [0.3, 0.4) is 0 Å². The third-order valence-corrected chi connectivity index (χ3v) is 3.53. The van der Waals surface area contributed by atoms with E-state index in [1.165, 1.54) is 0 Å². The minimum atomic E-state index is 0.592. The summed E-state index contributed by atoms with van der Waals surface area (Å²) in [5.74, 6) is 0.592. The molecule has 3 nitrogen and oxygen atoms in total. The molecular weight excluding hydrogens is 258 g/mol. The van der Waals surface area contributed by atoms with Gasteiger partial charge in [-0.2, -0.15) is 0 Å². The average Bonchev–Trinajstić information content (AvgIpc) is 2.42. The van der Waals surface area contributed by atoms with Crippen molar-refractivity contribution in [3.63, 3.8) is 0 Å². The molecule has 2 rings (SSSR count). The van der Waals surface area contributed by atoms with Crippen molar-refractivity contribution in [1.29, 1.82) is 0 Å². The molecule has 0 bridgehead atoms. The molecule has 3 N–H and O–H groups in total. The molecule has 0 aliphatic heterocycles. The molecule has 1 aromatic carbocycles. The van der Waals surface area contributed by atoms with Gasteiger partial charge in [0.2, 0.25) is 0 Å². The molecule has 0 saturated heterocycles. The number of benzene rings is 1. The van der Waals surface area contributed by atoms with E-state index < -0.39 is 0 Å². The molecule has 1 unspecified atom stereocenters. The molecule has 0 spiro atoms. The molecule has 1 heterocycles. The smallest absolute Gasteiger partial charge is 0.0737 e. The fraction of sp³-hybridized carbons (Fsp3) is 0.400. The second-order valence-electron chi connectivity index (χ2n) is 4.93. The highest BCUT2D eigenvalue weighted by Gasteiger charge is 2.03. The SMILES string of the molecule is CC(CN)CCCNc1ccnc2cc(Cl)ccc12. The largest absolute Gasteiger partial charge is 0.384 e. The first-order chi connectivity index (χ1) is 9.20. The Morgan fingerprint density at radius 1 is 1.37 bits per heavy atom. The lowest BCUT2D eigenvalue weighted by atomic mass is 10.1. The fourth-order valence-corrected chi connectivity index (χ4v) is 2.23. The van der Waals surface area contributed by atoms with E-state index in [0.717, 1.165) is 42.5 Å². The summed E-state index contributed by atoms with van der Waals surface area (Å²) < 4.78 is 0. The molecule has 19 heavy (non-hydrogen) atoms. The topological polar surface area (TPSA) is 50.9 Å². The van der Waals surface area contributed by atoms with E-state index in [0.29, 0.717) is 10.9 Å². The van der Waals surface area contributed by atoms with Crippen LogP contribution in [0.25, 0.3) is 10.9 Å². The number of pyridine rings is 1. The Morgan fingerprint density at radius 2 is 2.21 bits per heavy atom. The van der Waals surface area contributed by atoms with Gasteiger partial charge in [0.15, 0.2) is 0 Å². The maximum Gasteiger partial charge on any atom is 0.0737 e. The summed E-state index contributed by atoms with van der Waals surface area (Å²) in [7, 11) is 0. The molecule has 102 valence electrons. The molecular formula is C15H20ClN3. The first-order valence-electron chi connectivity index (χ1n) is 6.69. The molecule has 0 saturated carbocycles. The van der Waals surface area contributed by atoms with Crippen LogP contribution in [0.5, 0.6) is 0 Å². The van der Waals surface area contributed by atoms with Crippen molar-refractivity contribution in [3.8, 4) is 0 Å². The number of nitrogens with one attached hydrogen (secondary N) is 1. The predicted molar refractivity (Wildman–Crippen MR) is 82.7 cm³/mol. The second-order valence-corrected chi connectivity index (χ2v) is 5.37. The monoisotopic (exact) mass is 277 g/mol. The van der Waals surface area contributed by atoms with Gasteiger partial charge in [-0.3, -0.25) is 4.98 Å². The van der Waals surface area contributed by atoms with Crippen molar-refractivity contribution in [2.75, 3.05) is 18.4 Å². The first-order valence-corrected chi connectivity index (χ1v) is 7.06. The Labute approximate surface area is 119 Å².